The molecule has 1 rings (SSSR count). The zero-order valence-electron chi connectivity index (χ0n) is 11.4. The van der Waals surface area contributed by atoms with Crippen LogP contribution in [0.5, 0.6) is 0 Å². The van der Waals surface area contributed by atoms with E-state index in [9.17, 15) is 4.79 Å². The first-order valence-electron chi connectivity index (χ1n) is 6.28. The van der Waals surface area contributed by atoms with Gasteiger partial charge in [-0.15, -0.1) is 0 Å². The summed E-state index contributed by atoms with van der Waals surface area (Å²) in [6, 6.07) is 0. The van der Waals surface area contributed by atoms with E-state index < -0.39 is 61.5 Å². The second kappa shape index (κ2) is 9.42. The second-order valence-electron chi connectivity index (χ2n) is 4.81. The highest BCUT2D eigenvalue weighted by atomic mass is 16.4. The van der Waals surface area contributed by atoms with Gasteiger partial charge in [0.05, 0.1) is 6.61 Å². The lowest BCUT2D eigenvalue weighted by Gasteiger charge is -2.39. The molecular formula is C11H22O11. The number of carbonyl (C=O) groups is 1. The molecule has 11 heteroatoms. The Bertz CT molecular complexity index is 269. The third-order valence-electron chi connectivity index (χ3n) is 3.17. The van der Waals surface area contributed by atoms with Crippen LogP contribution in [0.1, 0.15) is 0 Å². The van der Waals surface area contributed by atoms with E-state index in [1.807, 2.05) is 0 Å². The molecule has 0 aromatic rings. The molecule has 132 valence electrons. The number of rotatable bonds is 4. The zero-order chi connectivity index (χ0) is 17.6. The lowest BCUT2D eigenvalue weighted by molar-refractivity contribution is -0.223. The average molecular weight is 330 g/mol. The van der Waals surface area contributed by atoms with Crippen LogP contribution in [0.4, 0.5) is 0 Å². The Balaban J connectivity index is 0.000000409. The van der Waals surface area contributed by atoms with E-state index in [4.69, 9.17) is 51.1 Å². The summed E-state index contributed by atoms with van der Waals surface area (Å²) in [4.78, 5) is 9.76. The molecule has 1 aliphatic rings. The van der Waals surface area contributed by atoms with Gasteiger partial charge in [-0.3, -0.25) is 0 Å². The van der Waals surface area contributed by atoms with Crippen molar-refractivity contribution in [1.29, 1.82) is 0 Å². The van der Waals surface area contributed by atoms with Gasteiger partial charge in [-0.1, -0.05) is 0 Å². The minimum Gasteiger partial charge on any atom is -0.394 e. The molecule has 1 fully saturated rings. The van der Waals surface area contributed by atoms with E-state index in [0.29, 0.717) is 0 Å². The molecule has 0 saturated heterocycles. The van der Waals surface area contributed by atoms with E-state index >= 15 is 0 Å². The zero-order valence-corrected chi connectivity index (χ0v) is 11.4. The SMILES string of the molecule is O=C[C@@H](O)[C@H](O)[C@H](O)CO.O[C@H]1[C@H](O)[C@@H](O)[C@H](O)[C@@H](O)[C@H]1O. The van der Waals surface area contributed by atoms with Crippen molar-refractivity contribution >= 4 is 6.29 Å². The summed E-state index contributed by atoms with van der Waals surface area (Å²) in [5.41, 5.74) is 0. The van der Waals surface area contributed by atoms with Gasteiger partial charge in [0.2, 0.25) is 0 Å². The Morgan fingerprint density at radius 3 is 1.18 bits per heavy atom. The van der Waals surface area contributed by atoms with Gasteiger partial charge >= 0.3 is 0 Å². The molecule has 1 saturated carbocycles. The van der Waals surface area contributed by atoms with Gasteiger partial charge in [-0.05, 0) is 0 Å². The summed E-state index contributed by atoms with van der Waals surface area (Å²) in [5.74, 6) is 0. The first kappa shape index (κ1) is 21.3. The van der Waals surface area contributed by atoms with Crippen LogP contribution in [0.3, 0.4) is 0 Å². The molecule has 0 radical (unpaired) electrons. The smallest absolute Gasteiger partial charge is 0.151 e. The minimum atomic E-state index is -1.64. The largest absolute Gasteiger partial charge is 0.394 e. The number of aliphatic hydroxyl groups excluding tert-OH is 10. The van der Waals surface area contributed by atoms with Crippen LogP contribution in [0, 0.1) is 0 Å². The molecule has 0 bridgehead atoms. The van der Waals surface area contributed by atoms with E-state index in [1.54, 1.807) is 0 Å². The van der Waals surface area contributed by atoms with Gasteiger partial charge < -0.3 is 55.9 Å². The minimum absolute atomic E-state index is 0.0869. The number of aldehydes is 1. The number of hydrogen-bond donors (Lipinski definition) is 10. The first-order chi connectivity index (χ1) is 10.1. The standard InChI is InChI=1S/C6H12O6.C5H10O5/c7-1-2(8)4(10)6(12)5(11)3(1)9;6-1-3(8)5(10)4(9)2-7/h1-12H;1,3-5,7-10H,2H2/t1-,2-,3-,4+,5-,6-;3-,4-,5+/m.1/s1. The second-order valence-corrected chi connectivity index (χ2v) is 4.81. The van der Waals surface area contributed by atoms with Crippen LogP contribution >= 0.6 is 0 Å². The van der Waals surface area contributed by atoms with E-state index in [0.717, 1.165) is 0 Å². The van der Waals surface area contributed by atoms with E-state index in [2.05, 4.69) is 0 Å². The van der Waals surface area contributed by atoms with Gasteiger partial charge in [-0.2, -0.15) is 0 Å². The predicted molar refractivity (Wildman–Crippen MR) is 67.2 cm³/mol. The van der Waals surface area contributed by atoms with Gasteiger partial charge in [0.1, 0.15) is 54.9 Å². The Morgan fingerprint density at radius 1 is 0.727 bits per heavy atom. The molecule has 3 atom stereocenters. The van der Waals surface area contributed by atoms with Gasteiger partial charge in [0, 0.05) is 0 Å². The normalized spacial score (nSPS) is 39.2. The van der Waals surface area contributed by atoms with Crippen molar-refractivity contribution in [3.8, 4) is 0 Å². The molecule has 0 spiro atoms. The predicted octanol–water partition coefficient (Wildman–Crippen LogP) is -6.57. The molecule has 22 heavy (non-hydrogen) atoms. The van der Waals surface area contributed by atoms with Crippen molar-refractivity contribution in [1.82, 2.24) is 0 Å². The average Bonchev–Trinajstić information content (AvgIpc) is 2.54. The van der Waals surface area contributed by atoms with Gasteiger partial charge in [-0.25, -0.2) is 0 Å². The summed E-state index contributed by atoms with van der Waals surface area (Å²) in [6.45, 7) is -0.688. The Morgan fingerprint density at radius 2 is 1.00 bits per heavy atom. The Hall–Kier alpha value is -0.730. The van der Waals surface area contributed by atoms with Crippen LogP contribution in [-0.2, 0) is 4.79 Å². The molecule has 11 nitrogen and oxygen atoms in total. The molecule has 0 aromatic heterocycles. The molecule has 0 aromatic carbocycles. The fraction of sp³-hybridized carbons (Fsp3) is 0.909. The summed E-state index contributed by atoms with van der Waals surface area (Å²) >= 11 is 0. The third kappa shape index (κ3) is 5.17. The van der Waals surface area contributed by atoms with Gasteiger partial charge in [0.25, 0.3) is 0 Å². The van der Waals surface area contributed by atoms with Crippen molar-refractivity contribution < 1.29 is 55.9 Å². The fourth-order valence-electron chi connectivity index (χ4n) is 1.63. The van der Waals surface area contributed by atoms with Crippen molar-refractivity contribution in [3.63, 3.8) is 0 Å². The summed E-state index contributed by atoms with van der Waals surface area (Å²) in [6.07, 6.45) is -14.5. The van der Waals surface area contributed by atoms with Crippen LogP contribution in [0.2, 0.25) is 0 Å². The highest BCUT2D eigenvalue weighted by molar-refractivity contribution is 5.56. The van der Waals surface area contributed by atoms with Crippen molar-refractivity contribution in [2.75, 3.05) is 6.61 Å². The topological polar surface area (TPSA) is 219 Å². The molecule has 1 aliphatic carbocycles. The number of carbonyl (C=O) groups excluding carboxylic acids is 1. The molecule has 0 amide bonds. The van der Waals surface area contributed by atoms with Gasteiger partial charge in [0.15, 0.2) is 6.29 Å². The summed E-state index contributed by atoms with van der Waals surface area (Å²) < 4.78 is 0. The fourth-order valence-corrected chi connectivity index (χ4v) is 1.63. The van der Waals surface area contributed by atoms with Crippen molar-refractivity contribution in [2.45, 2.75) is 54.9 Å². The molecule has 0 unspecified atom stereocenters. The summed E-state index contributed by atoms with van der Waals surface area (Å²) in [5, 5.41) is 87.9. The highest BCUT2D eigenvalue weighted by Gasteiger charge is 2.47. The molecule has 0 heterocycles. The van der Waals surface area contributed by atoms with Crippen LogP contribution < -0.4 is 0 Å². The van der Waals surface area contributed by atoms with Crippen LogP contribution in [-0.4, -0.2) is 119 Å². The maximum Gasteiger partial charge on any atom is 0.151 e. The maximum atomic E-state index is 9.76. The Kier molecular flexibility index (Phi) is 9.11. The summed E-state index contributed by atoms with van der Waals surface area (Å²) in [7, 11) is 0. The monoisotopic (exact) mass is 330 g/mol. The quantitative estimate of drug-likeness (QED) is 0.218. The maximum absolute atomic E-state index is 9.76. The van der Waals surface area contributed by atoms with Crippen molar-refractivity contribution in [3.05, 3.63) is 0 Å². The lowest BCUT2D eigenvalue weighted by atomic mass is 9.85. The highest BCUT2D eigenvalue weighted by Crippen LogP contribution is 2.20. The Labute approximate surface area is 124 Å². The van der Waals surface area contributed by atoms with Crippen LogP contribution in [0.25, 0.3) is 0 Å². The van der Waals surface area contributed by atoms with E-state index in [1.165, 1.54) is 0 Å². The molecule has 10 N–H and O–H groups in total. The first-order valence-corrected chi connectivity index (χ1v) is 6.28. The third-order valence-corrected chi connectivity index (χ3v) is 3.17. The molecular weight excluding hydrogens is 308 g/mol. The van der Waals surface area contributed by atoms with E-state index in [-0.39, 0.29) is 6.29 Å². The number of aliphatic hydroxyl groups is 10. The van der Waals surface area contributed by atoms with Crippen LogP contribution in [0.15, 0.2) is 0 Å². The molecule has 0 aliphatic heterocycles. The lowest BCUT2D eigenvalue weighted by Crippen LogP contribution is -2.63. The number of hydrogen-bond acceptors (Lipinski definition) is 11. The van der Waals surface area contributed by atoms with Crippen molar-refractivity contribution in [2.24, 2.45) is 0 Å².